The predicted molar refractivity (Wildman–Crippen MR) is 146 cm³/mol. The number of anilines is 2. The number of carbonyl (C=O) groups excluding carboxylic acids is 1. The number of carbonyl (C=O) groups is 1. The molecule has 0 bridgehead atoms. The number of nitrogens with zero attached hydrogens (tertiary/aromatic N) is 4. The van der Waals surface area contributed by atoms with E-state index in [0.717, 1.165) is 55.6 Å². The van der Waals surface area contributed by atoms with Gasteiger partial charge < -0.3 is 14.7 Å². The highest BCUT2D eigenvalue weighted by Crippen LogP contribution is 2.29. The molecule has 0 N–H and O–H groups in total. The van der Waals surface area contributed by atoms with Crippen LogP contribution in [0.4, 0.5) is 15.8 Å². The number of hydrogen-bond donors (Lipinski definition) is 0. The molecule has 2 saturated heterocycles. The van der Waals surface area contributed by atoms with Crippen LogP contribution in [-0.2, 0) is 9.84 Å². The molecule has 0 saturated carbocycles. The number of piperidine rings is 1. The second-order valence-corrected chi connectivity index (χ2v) is 11.6. The molecule has 0 aliphatic carbocycles. The van der Waals surface area contributed by atoms with Crippen molar-refractivity contribution < 1.29 is 17.6 Å². The molecule has 1 amide bonds. The molecule has 188 valence electrons. The van der Waals surface area contributed by atoms with Crippen LogP contribution in [0, 0.1) is 5.82 Å². The molecular formula is C25H30FIN4O3S. The largest absolute Gasteiger partial charge is 0.371 e. The molecule has 2 heterocycles. The third-order valence-electron chi connectivity index (χ3n) is 6.72. The summed E-state index contributed by atoms with van der Waals surface area (Å²) < 4.78 is 43.3. The Morgan fingerprint density at radius 2 is 1.54 bits per heavy atom. The number of halogens is 2. The fourth-order valence-corrected chi connectivity index (χ4v) is 5.61. The van der Waals surface area contributed by atoms with E-state index in [9.17, 15) is 17.6 Å². The molecule has 2 aliphatic heterocycles. The van der Waals surface area contributed by atoms with Crippen molar-refractivity contribution in [2.45, 2.75) is 31.1 Å². The van der Waals surface area contributed by atoms with Gasteiger partial charge in [-0.25, -0.2) is 16.0 Å². The molecule has 2 fully saturated rings. The monoisotopic (exact) mass is 612 g/mol. The Labute approximate surface area is 220 Å². The Morgan fingerprint density at radius 1 is 0.914 bits per heavy atom. The summed E-state index contributed by atoms with van der Waals surface area (Å²) in [6.07, 6.45) is 4.41. The van der Waals surface area contributed by atoms with Crippen LogP contribution in [-0.4, -0.2) is 70.5 Å². The van der Waals surface area contributed by atoms with Gasteiger partial charge in [-0.15, -0.1) is 0 Å². The van der Waals surface area contributed by atoms with E-state index in [1.807, 2.05) is 40.8 Å². The lowest BCUT2D eigenvalue weighted by atomic mass is 10.1. The Morgan fingerprint density at radius 3 is 2.14 bits per heavy atom. The van der Waals surface area contributed by atoms with Gasteiger partial charge in [-0.3, -0.25) is 4.79 Å². The minimum atomic E-state index is -3.45. The van der Waals surface area contributed by atoms with E-state index in [1.54, 1.807) is 23.1 Å². The van der Waals surface area contributed by atoms with E-state index in [-0.39, 0.29) is 16.6 Å². The summed E-state index contributed by atoms with van der Waals surface area (Å²) in [5.74, 6) is -0.490. The van der Waals surface area contributed by atoms with Crippen molar-refractivity contribution in [3.63, 3.8) is 0 Å². The average Bonchev–Trinajstić information content (AvgIpc) is 2.87. The number of sulfone groups is 1. The maximum atomic E-state index is 14.8. The number of hydrogen-bond acceptors (Lipinski definition) is 6. The van der Waals surface area contributed by atoms with Gasteiger partial charge in [0, 0.05) is 51.2 Å². The van der Waals surface area contributed by atoms with Crippen LogP contribution < -0.4 is 9.80 Å². The van der Waals surface area contributed by atoms with Crippen molar-refractivity contribution in [2.75, 3.05) is 55.3 Å². The van der Waals surface area contributed by atoms with Gasteiger partial charge in [0.25, 0.3) is 5.91 Å². The minimum Gasteiger partial charge on any atom is -0.371 e. The highest BCUT2D eigenvalue weighted by Gasteiger charge is 2.28. The molecule has 7 nitrogen and oxygen atoms in total. The van der Waals surface area contributed by atoms with E-state index in [1.165, 1.54) is 12.1 Å². The molecule has 0 aromatic heterocycles. The first-order valence-electron chi connectivity index (χ1n) is 11.8. The maximum Gasteiger partial charge on any atom is 0.256 e. The first-order valence-corrected chi connectivity index (χ1v) is 14.6. The molecule has 2 aromatic rings. The van der Waals surface area contributed by atoms with E-state index < -0.39 is 9.84 Å². The fourth-order valence-electron chi connectivity index (χ4n) is 4.69. The zero-order chi connectivity index (χ0) is 25.2. The second kappa shape index (κ2) is 10.8. The van der Waals surface area contributed by atoms with Crippen LogP contribution in [0.3, 0.4) is 0 Å². The summed E-state index contributed by atoms with van der Waals surface area (Å²) in [5.41, 5.74) is 3.22. The summed E-state index contributed by atoms with van der Waals surface area (Å²) in [6.45, 7) is 5.38. The molecule has 0 atom stereocenters. The summed E-state index contributed by atoms with van der Waals surface area (Å²) in [6, 6.07) is 9.98. The van der Waals surface area contributed by atoms with Crippen molar-refractivity contribution in [3.8, 4) is 0 Å². The Balaban J connectivity index is 1.54. The van der Waals surface area contributed by atoms with Crippen molar-refractivity contribution in [2.24, 2.45) is 3.21 Å². The van der Waals surface area contributed by atoms with Gasteiger partial charge in [-0.1, -0.05) is 6.07 Å². The number of benzene rings is 2. The molecule has 2 aliphatic rings. The summed E-state index contributed by atoms with van der Waals surface area (Å²) in [7, 11) is -3.45. The zero-order valence-corrected chi connectivity index (χ0v) is 23.0. The topological polar surface area (TPSA) is 73.3 Å². The lowest BCUT2D eigenvalue weighted by molar-refractivity contribution is 0.0747. The van der Waals surface area contributed by atoms with Gasteiger partial charge in [0.2, 0.25) is 0 Å². The first kappa shape index (κ1) is 25.9. The highest BCUT2D eigenvalue weighted by atomic mass is 127. The SMILES string of the molecule is C/C(=N\I)c1ccc(N2CCN(C(=O)c3cc(S(C)(=O)=O)ccc3N3CCCCC3)CC2)c(F)c1. The molecule has 4 rings (SSSR count). The lowest BCUT2D eigenvalue weighted by Crippen LogP contribution is -2.49. The average molecular weight is 613 g/mol. The summed E-state index contributed by atoms with van der Waals surface area (Å²) in [4.78, 5) is 19.6. The summed E-state index contributed by atoms with van der Waals surface area (Å²) in [5, 5.41) is 0. The summed E-state index contributed by atoms with van der Waals surface area (Å²) >= 11 is 1.90. The third-order valence-corrected chi connectivity index (χ3v) is 8.56. The van der Waals surface area contributed by atoms with Gasteiger partial charge in [0.05, 0.1) is 44.7 Å². The molecule has 0 spiro atoms. The quantitative estimate of drug-likeness (QED) is 0.371. The zero-order valence-electron chi connectivity index (χ0n) is 20.0. The number of rotatable bonds is 5. The molecule has 2 aromatic carbocycles. The highest BCUT2D eigenvalue weighted by molar-refractivity contribution is 14.1. The third kappa shape index (κ3) is 5.79. The van der Waals surface area contributed by atoms with Crippen LogP contribution in [0.25, 0.3) is 0 Å². The Bertz CT molecular complexity index is 1240. The van der Waals surface area contributed by atoms with Crippen LogP contribution in [0.2, 0.25) is 0 Å². The van der Waals surface area contributed by atoms with E-state index in [2.05, 4.69) is 8.11 Å². The Hall–Kier alpha value is -2.21. The molecule has 0 unspecified atom stereocenters. The minimum absolute atomic E-state index is 0.146. The molecule has 35 heavy (non-hydrogen) atoms. The number of piperazine rings is 1. The Kier molecular flexibility index (Phi) is 7.99. The van der Waals surface area contributed by atoms with Gasteiger partial charge in [-0.05, 0) is 62.1 Å². The van der Waals surface area contributed by atoms with Gasteiger partial charge >= 0.3 is 0 Å². The van der Waals surface area contributed by atoms with Crippen molar-refractivity contribution >= 4 is 55.7 Å². The van der Waals surface area contributed by atoms with Gasteiger partial charge in [-0.2, -0.15) is 0 Å². The van der Waals surface area contributed by atoms with Gasteiger partial charge in [0.1, 0.15) is 5.82 Å². The smallest absolute Gasteiger partial charge is 0.256 e. The van der Waals surface area contributed by atoms with E-state index in [4.69, 9.17) is 0 Å². The molecule has 0 radical (unpaired) electrons. The van der Waals surface area contributed by atoms with E-state index in [0.29, 0.717) is 37.4 Å². The first-order chi connectivity index (χ1) is 16.7. The van der Waals surface area contributed by atoms with Crippen LogP contribution in [0.5, 0.6) is 0 Å². The lowest BCUT2D eigenvalue weighted by Gasteiger charge is -2.37. The van der Waals surface area contributed by atoms with Crippen LogP contribution in [0.1, 0.15) is 42.1 Å². The normalized spacial score (nSPS) is 17.6. The second-order valence-electron chi connectivity index (χ2n) is 9.11. The van der Waals surface area contributed by atoms with Crippen LogP contribution >= 0.6 is 22.9 Å². The van der Waals surface area contributed by atoms with Crippen molar-refractivity contribution in [3.05, 3.63) is 53.3 Å². The standard InChI is InChI=1S/C25H30FIN4O3S/c1-18(28-27)19-6-8-24(22(26)16-19)30-12-14-31(15-13-30)25(32)21-17-20(35(2,33)34)7-9-23(21)29-10-4-3-5-11-29/h6-9,16-17H,3-5,10-15H2,1-2H3/b28-18+. The van der Waals surface area contributed by atoms with Crippen molar-refractivity contribution in [1.29, 1.82) is 0 Å². The molecule has 10 heteroatoms. The van der Waals surface area contributed by atoms with E-state index >= 15 is 0 Å². The number of amides is 1. The van der Waals surface area contributed by atoms with Crippen molar-refractivity contribution in [1.82, 2.24) is 4.90 Å². The maximum absolute atomic E-state index is 14.8. The predicted octanol–water partition coefficient (Wildman–Crippen LogP) is 4.34. The van der Waals surface area contributed by atoms with Crippen LogP contribution in [0.15, 0.2) is 44.5 Å². The molecular weight excluding hydrogens is 582 g/mol. The van der Waals surface area contributed by atoms with Gasteiger partial charge in [0.15, 0.2) is 9.84 Å². The fraction of sp³-hybridized carbons (Fsp3) is 0.440.